The highest BCUT2D eigenvalue weighted by molar-refractivity contribution is 7.92. The summed E-state index contributed by atoms with van der Waals surface area (Å²) in [7, 11) is -3.78. The molecule has 2 amide bonds. The monoisotopic (exact) mass is 561 g/mol. The lowest BCUT2D eigenvalue weighted by molar-refractivity contribution is -0.140. The van der Waals surface area contributed by atoms with Crippen LogP contribution in [0.25, 0.3) is 0 Å². The molecule has 3 aromatic rings. The van der Waals surface area contributed by atoms with Gasteiger partial charge in [-0.3, -0.25) is 13.9 Å². The number of carbonyl (C=O) groups excluding carboxylic acids is 2. The average Bonchev–Trinajstić information content (AvgIpc) is 3.44. The lowest BCUT2D eigenvalue weighted by Gasteiger charge is -2.34. The summed E-state index contributed by atoms with van der Waals surface area (Å²) in [5.74, 6) is -0.643. The zero-order chi connectivity index (χ0) is 28.7. The van der Waals surface area contributed by atoms with Gasteiger partial charge < -0.3 is 10.2 Å². The molecule has 0 bridgehead atoms. The Balaban J connectivity index is 1.72. The fraction of sp³-hybridized carbons (Fsp3) is 0.375. The van der Waals surface area contributed by atoms with E-state index in [9.17, 15) is 18.0 Å². The SMILES string of the molecule is Cc1ccc(N(CC(=O)N(Cc2ccccc2C)C(Cc2ccccc2)C(=O)NC2CCCC2)S(C)(=O)=O)cc1. The number of rotatable bonds is 11. The highest BCUT2D eigenvalue weighted by Gasteiger charge is 2.34. The van der Waals surface area contributed by atoms with Crippen LogP contribution in [0.4, 0.5) is 5.69 Å². The minimum absolute atomic E-state index is 0.0845. The minimum atomic E-state index is -3.78. The van der Waals surface area contributed by atoms with E-state index in [1.165, 1.54) is 0 Å². The second kappa shape index (κ2) is 13.1. The van der Waals surface area contributed by atoms with E-state index in [0.29, 0.717) is 12.1 Å². The van der Waals surface area contributed by atoms with Crippen molar-refractivity contribution in [3.63, 3.8) is 0 Å². The molecule has 1 atom stereocenters. The summed E-state index contributed by atoms with van der Waals surface area (Å²) >= 11 is 0. The number of amides is 2. The molecule has 212 valence electrons. The first-order chi connectivity index (χ1) is 19.1. The minimum Gasteiger partial charge on any atom is -0.352 e. The molecule has 40 heavy (non-hydrogen) atoms. The standard InChI is InChI=1S/C32H39N3O4S/c1-24-17-19-29(20-18-24)35(40(3,38)39)23-31(36)34(22-27-14-8-7-11-25(27)2)30(21-26-12-5-4-6-13-26)32(37)33-28-15-9-10-16-28/h4-8,11-14,17-20,28,30H,9-10,15-16,21-23H2,1-3H3,(H,33,37). The number of carbonyl (C=O) groups is 2. The molecule has 8 heteroatoms. The third kappa shape index (κ3) is 7.72. The Morgan fingerprint density at radius 2 is 1.52 bits per heavy atom. The first-order valence-corrected chi connectivity index (χ1v) is 15.7. The van der Waals surface area contributed by atoms with E-state index >= 15 is 0 Å². The smallest absolute Gasteiger partial charge is 0.244 e. The molecular weight excluding hydrogens is 522 g/mol. The van der Waals surface area contributed by atoms with Crippen molar-refractivity contribution in [3.05, 3.63) is 101 Å². The van der Waals surface area contributed by atoms with Gasteiger partial charge in [-0.05, 0) is 55.5 Å². The number of sulfonamides is 1. The van der Waals surface area contributed by atoms with Crippen molar-refractivity contribution in [2.75, 3.05) is 17.1 Å². The van der Waals surface area contributed by atoms with Gasteiger partial charge in [0.1, 0.15) is 12.6 Å². The maximum atomic E-state index is 14.2. The van der Waals surface area contributed by atoms with Gasteiger partial charge in [-0.15, -0.1) is 0 Å². The van der Waals surface area contributed by atoms with Gasteiger partial charge >= 0.3 is 0 Å². The van der Waals surface area contributed by atoms with Crippen LogP contribution in [0.15, 0.2) is 78.9 Å². The van der Waals surface area contributed by atoms with Crippen molar-refractivity contribution in [2.45, 2.75) is 64.6 Å². The summed E-state index contributed by atoms with van der Waals surface area (Å²) in [5.41, 5.74) is 4.22. The maximum Gasteiger partial charge on any atom is 0.244 e. The number of hydrogen-bond acceptors (Lipinski definition) is 4. The second-order valence-corrected chi connectivity index (χ2v) is 12.7. The van der Waals surface area contributed by atoms with Crippen LogP contribution in [-0.4, -0.2) is 50.0 Å². The van der Waals surface area contributed by atoms with Gasteiger partial charge in [-0.2, -0.15) is 0 Å². The Kier molecular flexibility index (Phi) is 9.63. The van der Waals surface area contributed by atoms with Crippen LogP contribution in [0.3, 0.4) is 0 Å². The van der Waals surface area contributed by atoms with Crippen molar-refractivity contribution in [3.8, 4) is 0 Å². The molecule has 1 N–H and O–H groups in total. The predicted octanol–water partition coefficient (Wildman–Crippen LogP) is 4.77. The number of benzene rings is 3. The Bertz CT molecular complexity index is 1400. The fourth-order valence-corrected chi connectivity index (χ4v) is 6.07. The van der Waals surface area contributed by atoms with E-state index in [-0.39, 0.29) is 18.5 Å². The van der Waals surface area contributed by atoms with Crippen LogP contribution < -0.4 is 9.62 Å². The van der Waals surface area contributed by atoms with Gasteiger partial charge in [-0.25, -0.2) is 8.42 Å². The van der Waals surface area contributed by atoms with E-state index in [4.69, 9.17) is 0 Å². The third-order valence-electron chi connectivity index (χ3n) is 7.58. The summed E-state index contributed by atoms with van der Waals surface area (Å²) in [6.45, 7) is 3.67. The molecule has 1 aliphatic carbocycles. The molecule has 0 aromatic heterocycles. The van der Waals surface area contributed by atoms with Gasteiger partial charge in [0.2, 0.25) is 21.8 Å². The molecule has 0 heterocycles. The van der Waals surface area contributed by atoms with E-state index in [1.807, 2.05) is 80.6 Å². The first-order valence-electron chi connectivity index (χ1n) is 13.8. The first kappa shape index (κ1) is 29.3. The van der Waals surface area contributed by atoms with Crippen molar-refractivity contribution in [1.29, 1.82) is 0 Å². The van der Waals surface area contributed by atoms with Gasteiger partial charge in [0.15, 0.2) is 0 Å². The summed E-state index contributed by atoms with van der Waals surface area (Å²) in [5, 5.41) is 3.19. The zero-order valence-corrected chi connectivity index (χ0v) is 24.4. The van der Waals surface area contributed by atoms with Gasteiger partial charge in [0.05, 0.1) is 11.9 Å². The van der Waals surface area contributed by atoms with Gasteiger partial charge in [-0.1, -0.05) is 85.1 Å². The molecule has 0 radical (unpaired) electrons. The van der Waals surface area contributed by atoms with Crippen LogP contribution in [0.1, 0.15) is 47.9 Å². The summed E-state index contributed by atoms with van der Waals surface area (Å²) in [6, 6.07) is 23.7. The topological polar surface area (TPSA) is 86.8 Å². The number of hydrogen-bond donors (Lipinski definition) is 1. The molecular formula is C32H39N3O4S. The average molecular weight is 562 g/mol. The van der Waals surface area contributed by atoms with E-state index in [2.05, 4.69) is 5.32 Å². The number of anilines is 1. The van der Waals surface area contributed by atoms with Crippen molar-refractivity contribution in [1.82, 2.24) is 10.2 Å². The maximum absolute atomic E-state index is 14.2. The van der Waals surface area contributed by atoms with E-state index in [0.717, 1.165) is 58.5 Å². The Hall–Kier alpha value is -3.65. The number of aryl methyl sites for hydroxylation is 2. The summed E-state index contributed by atoms with van der Waals surface area (Å²) in [4.78, 5) is 29.6. The van der Waals surface area contributed by atoms with Crippen molar-refractivity contribution >= 4 is 27.5 Å². The Labute approximate surface area is 238 Å². The van der Waals surface area contributed by atoms with E-state index in [1.54, 1.807) is 17.0 Å². The lowest BCUT2D eigenvalue weighted by Crippen LogP contribution is -2.54. The second-order valence-electron chi connectivity index (χ2n) is 10.7. The molecule has 0 aliphatic heterocycles. The predicted molar refractivity (Wildman–Crippen MR) is 159 cm³/mol. The molecule has 7 nitrogen and oxygen atoms in total. The molecule has 1 saturated carbocycles. The normalized spacial score (nSPS) is 14.5. The van der Waals surface area contributed by atoms with Crippen LogP contribution in [0, 0.1) is 13.8 Å². The zero-order valence-electron chi connectivity index (χ0n) is 23.5. The molecule has 0 saturated heterocycles. The van der Waals surface area contributed by atoms with Crippen molar-refractivity contribution in [2.24, 2.45) is 0 Å². The van der Waals surface area contributed by atoms with Crippen LogP contribution in [0.5, 0.6) is 0 Å². The highest BCUT2D eigenvalue weighted by Crippen LogP contribution is 2.23. The molecule has 4 rings (SSSR count). The molecule has 1 unspecified atom stereocenters. The third-order valence-corrected chi connectivity index (χ3v) is 8.72. The van der Waals surface area contributed by atoms with Crippen LogP contribution in [0.2, 0.25) is 0 Å². The summed E-state index contributed by atoms with van der Waals surface area (Å²) < 4.78 is 26.9. The Morgan fingerprint density at radius 1 is 0.900 bits per heavy atom. The molecule has 1 aliphatic rings. The fourth-order valence-electron chi connectivity index (χ4n) is 5.22. The number of nitrogens with zero attached hydrogens (tertiary/aromatic N) is 2. The van der Waals surface area contributed by atoms with Crippen LogP contribution in [-0.2, 0) is 32.6 Å². The number of nitrogens with one attached hydrogen (secondary N) is 1. The Morgan fingerprint density at radius 3 is 2.15 bits per heavy atom. The molecule has 1 fully saturated rings. The molecule has 0 spiro atoms. The van der Waals surface area contributed by atoms with Gasteiger partial charge in [0.25, 0.3) is 0 Å². The highest BCUT2D eigenvalue weighted by atomic mass is 32.2. The quantitative estimate of drug-likeness (QED) is 0.366. The van der Waals surface area contributed by atoms with Gasteiger partial charge in [0, 0.05) is 19.0 Å². The lowest BCUT2D eigenvalue weighted by atomic mass is 10.0. The van der Waals surface area contributed by atoms with Crippen LogP contribution >= 0.6 is 0 Å². The van der Waals surface area contributed by atoms with Crippen molar-refractivity contribution < 1.29 is 18.0 Å². The van der Waals surface area contributed by atoms with E-state index < -0.39 is 28.5 Å². The summed E-state index contributed by atoms with van der Waals surface area (Å²) in [6.07, 6.45) is 5.40. The molecule has 3 aromatic carbocycles. The largest absolute Gasteiger partial charge is 0.352 e.